The number of nitrogens with zero attached hydrogens (tertiary/aromatic N) is 2. The summed E-state index contributed by atoms with van der Waals surface area (Å²) in [6.45, 7) is 4.35. The minimum absolute atomic E-state index is 0.133. The maximum Gasteiger partial charge on any atom is 0.252 e. The van der Waals surface area contributed by atoms with Gasteiger partial charge in [0.1, 0.15) is 11.0 Å². The molecule has 0 unspecified atom stereocenters. The van der Waals surface area contributed by atoms with E-state index < -0.39 is 0 Å². The second kappa shape index (κ2) is 7.32. The van der Waals surface area contributed by atoms with E-state index in [4.69, 9.17) is 0 Å². The second-order valence-electron chi connectivity index (χ2n) is 6.77. The Hall–Kier alpha value is -2.99. The number of hydrogen-bond acceptors (Lipinski definition) is 4. The molecule has 136 valence electrons. The van der Waals surface area contributed by atoms with Gasteiger partial charge in [0.15, 0.2) is 0 Å². The summed E-state index contributed by atoms with van der Waals surface area (Å²) in [7, 11) is 0. The van der Waals surface area contributed by atoms with Crippen LogP contribution >= 0.6 is 11.3 Å². The number of rotatable bonds is 5. The average molecular weight is 376 g/mol. The zero-order valence-corrected chi connectivity index (χ0v) is 16.0. The maximum atomic E-state index is 12.9. The van der Waals surface area contributed by atoms with Gasteiger partial charge in [0.25, 0.3) is 5.91 Å². The molecule has 2 heterocycles. The average Bonchev–Trinajstić information content (AvgIpc) is 3.37. The van der Waals surface area contributed by atoms with Crippen molar-refractivity contribution in [2.75, 3.05) is 0 Å². The summed E-state index contributed by atoms with van der Waals surface area (Å²) in [5.74, 6) is 0.342. The fourth-order valence-electron chi connectivity index (χ4n) is 3.04. The van der Waals surface area contributed by atoms with Crippen LogP contribution in [0.2, 0.25) is 0 Å². The molecule has 0 radical (unpaired) electrons. The van der Waals surface area contributed by atoms with E-state index in [1.807, 2.05) is 17.5 Å². The zero-order valence-electron chi connectivity index (χ0n) is 15.1. The van der Waals surface area contributed by atoms with Crippen LogP contribution in [0.25, 0.3) is 11.0 Å². The molecule has 0 aliphatic carbocycles. The second-order valence-corrected chi connectivity index (χ2v) is 7.75. The summed E-state index contributed by atoms with van der Waals surface area (Å²) in [6.07, 6.45) is 0. The van der Waals surface area contributed by atoms with Crippen LogP contribution in [0.4, 0.5) is 0 Å². The number of aromatic amines is 1. The molecule has 4 aromatic rings. The molecule has 1 atom stereocenters. The van der Waals surface area contributed by atoms with Crippen LogP contribution in [-0.4, -0.2) is 21.3 Å². The number of nitrogens with one attached hydrogen (secondary N) is 2. The molecule has 0 aliphatic heterocycles. The Balaban J connectivity index is 1.64. The fourth-order valence-corrected chi connectivity index (χ4v) is 3.85. The summed E-state index contributed by atoms with van der Waals surface area (Å²) in [5, 5.41) is 15.9. The number of fused-ring (bicyclic) bond motifs is 1. The number of H-pyrrole nitrogens is 1. The molecule has 27 heavy (non-hydrogen) atoms. The first kappa shape index (κ1) is 17.4. The molecule has 0 saturated heterocycles. The van der Waals surface area contributed by atoms with Gasteiger partial charge in [-0.1, -0.05) is 44.2 Å². The summed E-state index contributed by atoms with van der Waals surface area (Å²) < 4.78 is 0. The lowest BCUT2D eigenvalue weighted by molar-refractivity contribution is 0.0943. The Kier molecular flexibility index (Phi) is 4.73. The van der Waals surface area contributed by atoms with E-state index in [0.717, 1.165) is 16.0 Å². The van der Waals surface area contributed by atoms with Crippen molar-refractivity contribution in [3.05, 3.63) is 81.5 Å². The number of benzene rings is 2. The molecule has 2 aromatic carbocycles. The van der Waals surface area contributed by atoms with Gasteiger partial charge in [-0.2, -0.15) is 15.4 Å². The van der Waals surface area contributed by atoms with Gasteiger partial charge in [-0.15, -0.1) is 11.3 Å². The predicted octanol–water partition coefficient (Wildman–Crippen LogP) is 4.66. The minimum Gasteiger partial charge on any atom is -0.340 e. The van der Waals surface area contributed by atoms with Gasteiger partial charge in [-0.25, -0.2) is 0 Å². The Morgan fingerprint density at radius 2 is 1.74 bits per heavy atom. The van der Waals surface area contributed by atoms with Crippen molar-refractivity contribution in [3.63, 3.8) is 0 Å². The van der Waals surface area contributed by atoms with Crippen molar-refractivity contribution in [3.8, 4) is 0 Å². The first-order valence-electron chi connectivity index (χ1n) is 8.86. The molecule has 5 nitrogen and oxygen atoms in total. The highest BCUT2D eigenvalue weighted by Gasteiger charge is 2.19. The molecule has 0 aliphatic rings. The third-order valence-corrected chi connectivity index (χ3v) is 5.56. The molecular formula is C21H20N4OS. The van der Waals surface area contributed by atoms with Crippen molar-refractivity contribution in [1.29, 1.82) is 0 Å². The smallest absolute Gasteiger partial charge is 0.252 e. The third-order valence-electron chi connectivity index (χ3n) is 4.62. The number of amides is 1. The lowest BCUT2D eigenvalue weighted by Gasteiger charge is -2.19. The van der Waals surface area contributed by atoms with Gasteiger partial charge in [0, 0.05) is 10.4 Å². The molecule has 6 heteroatoms. The lowest BCUT2D eigenvalue weighted by Crippen LogP contribution is -2.28. The number of thiophene rings is 1. The molecule has 0 spiro atoms. The molecule has 2 aromatic heterocycles. The predicted molar refractivity (Wildman–Crippen MR) is 108 cm³/mol. The number of carbonyl (C=O) groups is 1. The Labute approximate surface area is 161 Å². The van der Waals surface area contributed by atoms with Crippen LogP contribution in [0.1, 0.15) is 52.2 Å². The van der Waals surface area contributed by atoms with E-state index in [0.29, 0.717) is 17.0 Å². The van der Waals surface area contributed by atoms with E-state index in [9.17, 15) is 4.79 Å². The Morgan fingerprint density at radius 3 is 2.44 bits per heavy atom. The quantitative estimate of drug-likeness (QED) is 0.532. The minimum atomic E-state index is -0.188. The van der Waals surface area contributed by atoms with Crippen LogP contribution in [0.15, 0.2) is 60.0 Å². The van der Waals surface area contributed by atoms with Crippen LogP contribution in [0.5, 0.6) is 0 Å². The highest BCUT2D eigenvalue weighted by molar-refractivity contribution is 7.10. The van der Waals surface area contributed by atoms with Crippen molar-refractivity contribution in [2.24, 2.45) is 0 Å². The standard InChI is InChI=1S/C21H20N4OS/c1-13(2)14-5-7-15(8-6-14)20(19-4-3-11-27-19)22-21(26)16-9-10-17-18(12-16)24-25-23-17/h3-13,20H,1-2H3,(H,22,26)(H,23,24,25)/t20-/m0/s1. The van der Waals surface area contributed by atoms with Crippen molar-refractivity contribution >= 4 is 28.3 Å². The fraction of sp³-hybridized carbons (Fsp3) is 0.190. The van der Waals surface area contributed by atoms with Gasteiger partial charge in [-0.3, -0.25) is 4.79 Å². The highest BCUT2D eigenvalue weighted by Crippen LogP contribution is 2.28. The maximum absolute atomic E-state index is 12.9. The van der Waals surface area contributed by atoms with E-state index >= 15 is 0 Å². The van der Waals surface area contributed by atoms with Crippen LogP contribution in [0, 0.1) is 0 Å². The zero-order chi connectivity index (χ0) is 18.8. The first-order chi connectivity index (χ1) is 13.1. The molecule has 1 amide bonds. The molecule has 4 rings (SSSR count). The van der Waals surface area contributed by atoms with Crippen LogP contribution < -0.4 is 5.32 Å². The number of aromatic nitrogens is 3. The van der Waals surface area contributed by atoms with Crippen molar-refractivity contribution in [1.82, 2.24) is 20.7 Å². The van der Waals surface area contributed by atoms with Crippen LogP contribution in [0.3, 0.4) is 0 Å². The molecular weight excluding hydrogens is 356 g/mol. The highest BCUT2D eigenvalue weighted by atomic mass is 32.1. The Bertz CT molecular complexity index is 1050. The molecule has 2 N–H and O–H groups in total. The summed E-state index contributed by atoms with van der Waals surface area (Å²) in [5.41, 5.74) is 4.34. The number of carbonyl (C=O) groups excluding carboxylic acids is 1. The van der Waals surface area contributed by atoms with E-state index in [-0.39, 0.29) is 11.9 Å². The Morgan fingerprint density at radius 1 is 1.00 bits per heavy atom. The van der Waals surface area contributed by atoms with E-state index in [1.54, 1.807) is 29.5 Å². The van der Waals surface area contributed by atoms with E-state index in [2.05, 4.69) is 58.8 Å². The molecule has 0 bridgehead atoms. The SMILES string of the molecule is CC(C)c1ccc([C@H](NC(=O)c2ccc3n[nH]nc3c2)c2cccs2)cc1. The van der Waals surface area contributed by atoms with E-state index in [1.165, 1.54) is 5.56 Å². The van der Waals surface area contributed by atoms with Gasteiger partial charge in [-0.05, 0) is 46.7 Å². The van der Waals surface area contributed by atoms with Crippen LogP contribution in [-0.2, 0) is 0 Å². The topological polar surface area (TPSA) is 70.7 Å². The third kappa shape index (κ3) is 3.61. The van der Waals surface area contributed by atoms with Gasteiger partial charge < -0.3 is 5.32 Å². The summed E-state index contributed by atoms with van der Waals surface area (Å²) in [6, 6.07) is 17.6. The van der Waals surface area contributed by atoms with Crippen molar-refractivity contribution < 1.29 is 4.79 Å². The monoisotopic (exact) mass is 376 g/mol. The first-order valence-corrected chi connectivity index (χ1v) is 9.74. The molecule has 0 saturated carbocycles. The van der Waals surface area contributed by atoms with Gasteiger partial charge in [0.05, 0.1) is 6.04 Å². The van der Waals surface area contributed by atoms with Gasteiger partial charge >= 0.3 is 0 Å². The molecule has 0 fully saturated rings. The summed E-state index contributed by atoms with van der Waals surface area (Å²) >= 11 is 1.64. The van der Waals surface area contributed by atoms with Gasteiger partial charge in [0.2, 0.25) is 0 Å². The lowest BCUT2D eigenvalue weighted by atomic mass is 9.98. The van der Waals surface area contributed by atoms with Crippen molar-refractivity contribution in [2.45, 2.75) is 25.8 Å². The number of hydrogen-bond donors (Lipinski definition) is 2. The summed E-state index contributed by atoms with van der Waals surface area (Å²) in [4.78, 5) is 14.0. The largest absolute Gasteiger partial charge is 0.340 e. The normalized spacial score (nSPS) is 12.4.